The van der Waals surface area contributed by atoms with Crippen molar-refractivity contribution in [1.82, 2.24) is 15.4 Å². The zero-order chi connectivity index (χ0) is 34.4. The molecule has 10 heteroatoms. The lowest BCUT2D eigenvalue weighted by molar-refractivity contribution is -0.124. The van der Waals surface area contributed by atoms with Crippen LogP contribution in [0.1, 0.15) is 95.1 Å². The van der Waals surface area contributed by atoms with Gasteiger partial charge in [-0.25, -0.2) is 13.1 Å². The van der Waals surface area contributed by atoms with Gasteiger partial charge in [-0.15, -0.1) is 13.2 Å². The Morgan fingerprint density at radius 1 is 1.06 bits per heavy atom. The molecule has 0 heterocycles. The number of unbranched alkanes of at least 4 members (excludes halogenated alkanes) is 1. The van der Waals surface area contributed by atoms with Crippen LogP contribution in [0.15, 0.2) is 73.8 Å². The molecule has 0 aromatic heterocycles. The number of nitrogens with one attached hydrogen (secondary N) is 3. The van der Waals surface area contributed by atoms with Crippen LogP contribution in [0.5, 0.6) is 5.75 Å². The topological polar surface area (TPSA) is 126 Å². The maximum Gasteiger partial charge on any atom is 0.238 e. The van der Waals surface area contributed by atoms with Crippen molar-refractivity contribution in [2.24, 2.45) is 0 Å². The number of hydrogen-bond acceptors (Lipinski definition) is 7. The lowest BCUT2D eigenvalue weighted by atomic mass is 9.99. The normalized spacial score (nSPS) is 18.6. The number of aliphatic hydroxyl groups is 1. The first-order valence-corrected chi connectivity index (χ1v) is 18.4. The van der Waals surface area contributed by atoms with Crippen molar-refractivity contribution in [3.05, 3.63) is 90.5 Å². The van der Waals surface area contributed by atoms with Gasteiger partial charge in [0.25, 0.3) is 0 Å². The molecule has 0 saturated carbocycles. The van der Waals surface area contributed by atoms with Gasteiger partial charge in [-0.3, -0.25) is 4.79 Å². The van der Waals surface area contributed by atoms with E-state index in [1.807, 2.05) is 69.3 Å². The highest BCUT2D eigenvalue weighted by atomic mass is 32.2. The molecule has 3 rings (SSSR count). The van der Waals surface area contributed by atoms with Crippen molar-refractivity contribution < 1.29 is 27.8 Å². The fourth-order valence-corrected chi connectivity index (χ4v) is 7.16. The molecular weight excluding hydrogens is 614 g/mol. The molecule has 6 atom stereocenters. The Labute approximate surface area is 282 Å². The predicted molar refractivity (Wildman–Crippen MR) is 189 cm³/mol. The summed E-state index contributed by atoms with van der Waals surface area (Å²) in [6.45, 7) is 15.8. The Balaban J connectivity index is 1.80. The highest BCUT2D eigenvalue weighted by Crippen LogP contribution is 2.42. The van der Waals surface area contributed by atoms with Crippen LogP contribution in [0.2, 0.25) is 0 Å². The quantitative estimate of drug-likeness (QED) is 0.119. The van der Waals surface area contributed by atoms with E-state index in [9.17, 15) is 18.3 Å². The van der Waals surface area contributed by atoms with Crippen LogP contribution in [0.3, 0.4) is 0 Å². The number of rotatable bonds is 22. The van der Waals surface area contributed by atoms with Crippen molar-refractivity contribution in [3.8, 4) is 5.75 Å². The molecule has 9 nitrogen and oxygen atoms in total. The summed E-state index contributed by atoms with van der Waals surface area (Å²) in [4.78, 5) is 13.7. The summed E-state index contributed by atoms with van der Waals surface area (Å²) in [5, 5.41) is 17.5. The number of hydrogen-bond donors (Lipinski definition) is 4. The number of aliphatic hydroxyl groups excluding tert-OH is 1. The van der Waals surface area contributed by atoms with Crippen LogP contribution in [-0.2, 0) is 26.0 Å². The van der Waals surface area contributed by atoms with E-state index in [-0.39, 0.29) is 31.2 Å². The third-order valence-corrected chi connectivity index (χ3v) is 10.4. The van der Waals surface area contributed by atoms with E-state index < -0.39 is 39.4 Å². The van der Waals surface area contributed by atoms with E-state index in [2.05, 4.69) is 28.5 Å². The molecule has 0 spiro atoms. The SMILES string of the molecule is C=CCC[C@H](NS(=O)(=O)C(C)CCCC)C(=O)N[C@@H](Cc1ccccc1)[C@H](O)CN[C@H]1C[C@@H](OCC=C)c2ccc(OC(C)C)cc21. The first-order chi connectivity index (χ1) is 22.5. The standard InChI is InChI=1S/C37H55N3O6S/c1-7-10-15-27(6)47(43,44)40-32(18-11-8-2)37(42)39-34(22-28-16-13-12-14-17-28)35(41)25-38-33-24-36(45-21-9-3)30-20-19-29(23-31(30)33)46-26(4)5/h8-9,12-14,16-17,19-20,23,26-27,32-36,38,40-41H,2-3,7,10-11,15,18,21-22,24-25H2,1,4-6H3,(H,39,42)/t27?,32-,33-,34-,35+,36+/m0/s1. The summed E-state index contributed by atoms with van der Waals surface area (Å²) in [7, 11) is -3.74. The second-order valence-electron chi connectivity index (χ2n) is 12.7. The minimum absolute atomic E-state index is 0.0252. The summed E-state index contributed by atoms with van der Waals surface area (Å²) in [6.07, 6.45) is 6.22. The minimum atomic E-state index is -3.74. The highest BCUT2D eigenvalue weighted by molar-refractivity contribution is 7.90. The van der Waals surface area contributed by atoms with E-state index in [1.165, 1.54) is 0 Å². The second-order valence-corrected chi connectivity index (χ2v) is 14.8. The van der Waals surface area contributed by atoms with Crippen LogP contribution >= 0.6 is 0 Å². The lowest BCUT2D eigenvalue weighted by Crippen LogP contribution is -2.55. The maximum atomic E-state index is 13.7. The van der Waals surface area contributed by atoms with Crippen LogP contribution in [0, 0.1) is 0 Å². The van der Waals surface area contributed by atoms with Gasteiger partial charge >= 0.3 is 0 Å². The minimum Gasteiger partial charge on any atom is -0.491 e. The molecule has 2 aromatic rings. The third-order valence-electron chi connectivity index (χ3n) is 8.46. The molecule has 0 bridgehead atoms. The van der Waals surface area contributed by atoms with Crippen LogP contribution in [0.25, 0.3) is 0 Å². The number of carbonyl (C=O) groups is 1. The van der Waals surface area contributed by atoms with Gasteiger partial charge in [0.05, 0.1) is 36.2 Å². The van der Waals surface area contributed by atoms with Gasteiger partial charge in [0.2, 0.25) is 15.9 Å². The van der Waals surface area contributed by atoms with E-state index in [0.717, 1.165) is 35.3 Å². The van der Waals surface area contributed by atoms with Crippen molar-refractivity contribution in [3.63, 3.8) is 0 Å². The molecule has 0 radical (unpaired) electrons. The summed E-state index contributed by atoms with van der Waals surface area (Å²) < 4.78 is 41.0. The molecule has 1 aliphatic carbocycles. The van der Waals surface area contributed by atoms with Crippen molar-refractivity contribution in [2.75, 3.05) is 13.2 Å². The number of carbonyl (C=O) groups excluding carboxylic acids is 1. The van der Waals surface area contributed by atoms with Gasteiger partial charge in [-0.2, -0.15) is 0 Å². The molecule has 4 N–H and O–H groups in total. The number of allylic oxidation sites excluding steroid dienone is 1. The average molecular weight is 670 g/mol. The molecule has 1 unspecified atom stereocenters. The fraction of sp³-hybridized carbons (Fsp3) is 0.541. The molecule has 2 aromatic carbocycles. The Kier molecular flexibility index (Phi) is 15.6. The Hall–Kier alpha value is -3.02. The van der Waals surface area contributed by atoms with Crippen molar-refractivity contribution in [1.29, 1.82) is 0 Å². The zero-order valence-corrected chi connectivity index (χ0v) is 29.3. The maximum absolute atomic E-state index is 13.7. The summed E-state index contributed by atoms with van der Waals surface area (Å²) in [6, 6.07) is 13.8. The van der Waals surface area contributed by atoms with Crippen molar-refractivity contribution in [2.45, 2.75) is 114 Å². The largest absolute Gasteiger partial charge is 0.491 e. The lowest BCUT2D eigenvalue weighted by Gasteiger charge is -2.29. The van der Waals surface area contributed by atoms with Crippen LogP contribution in [-0.4, -0.2) is 62.1 Å². The Bertz CT molecular complexity index is 1380. The first kappa shape index (κ1) is 38.4. The second kappa shape index (κ2) is 19.1. The zero-order valence-electron chi connectivity index (χ0n) is 28.5. The summed E-state index contributed by atoms with van der Waals surface area (Å²) in [5.74, 6) is 0.291. The fourth-order valence-electron chi connectivity index (χ4n) is 5.83. The molecular formula is C37H55N3O6S. The number of sulfonamides is 1. The molecule has 1 aliphatic rings. The Morgan fingerprint density at radius 2 is 1.81 bits per heavy atom. The molecule has 47 heavy (non-hydrogen) atoms. The van der Waals surface area contributed by atoms with Gasteiger partial charge < -0.3 is 25.2 Å². The molecule has 0 aliphatic heterocycles. The molecule has 0 saturated heterocycles. The molecule has 1 amide bonds. The molecule has 260 valence electrons. The van der Waals surface area contributed by atoms with E-state index >= 15 is 0 Å². The van der Waals surface area contributed by atoms with Gasteiger partial charge in [-0.05, 0) is 81.7 Å². The summed E-state index contributed by atoms with van der Waals surface area (Å²) in [5.41, 5.74) is 3.05. The van der Waals surface area contributed by atoms with Gasteiger partial charge in [0, 0.05) is 12.6 Å². The molecule has 0 fully saturated rings. The third kappa shape index (κ3) is 11.9. The van der Waals surface area contributed by atoms with Crippen molar-refractivity contribution >= 4 is 15.9 Å². The smallest absolute Gasteiger partial charge is 0.238 e. The van der Waals surface area contributed by atoms with Crippen LogP contribution in [0.4, 0.5) is 0 Å². The first-order valence-electron chi connectivity index (χ1n) is 16.9. The number of fused-ring (bicyclic) bond motifs is 1. The van der Waals surface area contributed by atoms with Crippen LogP contribution < -0.4 is 20.1 Å². The average Bonchev–Trinajstić information content (AvgIpc) is 3.39. The number of ether oxygens (including phenoxy) is 2. The van der Waals surface area contributed by atoms with Gasteiger partial charge in [0.1, 0.15) is 11.8 Å². The van der Waals surface area contributed by atoms with E-state index in [0.29, 0.717) is 32.3 Å². The highest BCUT2D eigenvalue weighted by Gasteiger charge is 2.34. The van der Waals surface area contributed by atoms with E-state index in [4.69, 9.17) is 9.47 Å². The predicted octanol–water partition coefficient (Wildman–Crippen LogP) is 5.67. The van der Waals surface area contributed by atoms with Gasteiger partial charge in [0.15, 0.2) is 0 Å². The van der Waals surface area contributed by atoms with E-state index in [1.54, 1.807) is 19.1 Å². The monoisotopic (exact) mass is 669 g/mol. The number of benzene rings is 2. The van der Waals surface area contributed by atoms with Gasteiger partial charge in [-0.1, -0.05) is 68.3 Å². The number of amides is 1. The Morgan fingerprint density at radius 3 is 2.47 bits per heavy atom. The summed E-state index contributed by atoms with van der Waals surface area (Å²) >= 11 is 0.